The summed E-state index contributed by atoms with van der Waals surface area (Å²) < 4.78 is 2.20. The van der Waals surface area contributed by atoms with Crippen LogP contribution in [-0.4, -0.2) is 34.5 Å². The molecule has 0 radical (unpaired) electrons. The lowest BCUT2D eigenvalue weighted by atomic mass is 9.82. The second kappa shape index (κ2) is 13.2. The summed E-state index contributed by atoms with van der Waals surface area (Å²) in [5.41, 5.74) is 11.4. The highest BCUT2D eigenvalue weighted by Gasteiger charge is 2.36. The van der Waals surface area contributed by atoms with Crippen LogP contribution in [0.1, 0.15) is 25.0 Å². The van der Waals surface area contributed by atoms with Gasteiger partial charge in [0.15, 0.2) is 29.1 Å². The standard InChI is InChI=1S/C51H35N7/c1-51(2)41-26-16-15-25-37(41)38-30-40-39-29-36(49-53-45(32-17-7-3-8-18-32)52-46(54-49)33-19-9-4-10-20-33)27-28-43(39)58(44(40)31-42(38)51)50-56-47(34-21-11-5-12-22-34)55-48(57-50)35-23-13-6-14-24-35/h3-31H,1-2H3. The summed E-state index contributed by atoms with van der Waals surface area (Å²) >= 11 is 0. The molecule has 0 atom stereocenters. The number of hydrogen-bond donors (Lipinski definition) is 0. The van der Waals surface area contributed by atoms with Crippen molar-refractivity contribution >= 4 is 21.8 Å². The van der Waals surface area contributed by atoms with Crippen molar-refractivity contribution in [3.8, 4) is 74.0 Å². The Hall–Kier alpha value is -7.64. The maximum atomic E-state index is 5.22. The van der Waals surface area contributed by atoms with E-state index in [4.69, 9.17) is 29.9 Å². The minimum Gasteiger partial charge on any atom is -0.278 e. The molecule has 0 saturated heterocycles. The predicted molar refractivity (Wildman–Crippen MR) is 232 cm³/mol. The second-order valence-corrected chi connectivity index (χ2v) is 15.2. The van der Waals surface area contributed by atoms with Gasteiger partial charge in [0, 0.05) is 44.0 Å². The predicted octanol–water partition coefficient (Wildman–Crippen LogP) is 11.8. The molecular formula is C51H35N7. The fourth-order valence-electron chi connectivity index (χ4n) is 8.40. The maximum absolute atomic E-state index is 5.22. The molecule has 0 amide bonds. The van der Waals surface area contributed by atoms with Crippen molar-refractivity contribution in [2.45, 2.75) is 19.3 Å². The van der Waals surface area contributed by atoms with Crippen LogP contribution in [0.15, 0.2) is 176 Å². The maximum Gasteiger partial charge on any atom is 0.238 e. The average Bonchev–Trinajstić information content (AvgIpc) is 3.73. The van der Waals surface area contributed by atoms with E-state index in [1.807, 2.05) is 121 Å². The number of nitrogens with zero attached hydrogens (tertiary/aromatic N) is 7. The highest BCUT2D eigenvalue weighted by Crippen LogP contribution is 2.51. The van der Waals surface area contributed by atoms with Crippen LogP contribution in [0.2, 0.25) is 0 Å². The highest BCUT2D eigenvalue weighted by atomic mass is 15.2. The van der Waals surface area contributed by atoms with Gasteiger partial charge in [-0.25, -0.2) is 19.9 Å². The summed E-state index contributed by atoms with van der Waals surface area (Å²) in [5.74, 6) is 3.60. The fourth-order valence-corrected chi connectivity index (χ4v) is 8.40. The van der Waals surface area contributed by atoms with Crippen molar-refractivity contribution in [2.24, 2.45) is 0 Å². The third kappa shape index (κ3) is 5.51. The van der Waals surface area contributed by atoms with E-state index >= 15 is 0 Å². The Morgan fingerprint density at radius 3 is 1.29 bits per heavy atom. The molecule has 0 N–H and O–H groups in total. The summed E-state index contributed by atoms with van der Waals surface area (Å²) in [7, 11) is 0. The number of aromatic nitrogens is 7. The van der Waals surface area contributed by atoms with Gasteiger partial charge in [-0.1, -0.05) is 159 Å². The van der Waals surface area contributed by atoms with Crippen LogP contribution in [0.4, 0.5) is 0 Å². The van der Waals surface area contributed by atoms with Gasteiger partial charge in [0.2, 0.25) is 5.95 Å². The Bertz CT molecular complexity index is 3060. The molecule has 7 heteroatoms. The second-order valence-electron chi connectivity index (χ2n) is 15.2. The highest BCUT2D eigenvalue weighted by molar-refractivity contribution is 6.12. The zero-order valence-corrected chi connectivity index (χ0v) is 31.9. The molecule has 11 rings (SSSR count). The normalized spacial score (nSPS) is 12.8. The lowest BCUT2D eigenvalue weighted by Gasteiger charge is -2.21. The molecule has 274 valence electrons. The molecule has 58 heavy (non-hydrogen) atoms. The van der Waals surface area contributed by atoms with E-state index in [-0.39, 0.29) is 5.41 Å². The number of fused-ring (bicyclic) bond motifs is 6. The van der Waals surface area contributed by atoms with Gasteiger partial charge in [-0.05, 0) is 52.6 Å². The molecule has 10 aromatic rings. The first-order valence-corrected chi connectivity index (χ1v) is 19.5. The van der Waals surface area contributed by atoms with Crippen molar-refractivity contribution in [2.75, 3.05) is 0 Å². The van der Waals surface area contributed by atoms with Crippen molar-refractivity contribution in [1.29, 1.82) is 0 Å². The Balaban J connectivity index is 1.20. The lowest BCUT2D eigenvalue weighted by molar-refractivity contribution is 0.661. The molecule has 3 heterocycles. The van der Waals surface area contributed by atoms with Crippen LogP contribution in [0, 0.1) is 0 Å². The zero-order valence-electron chi connectivity index (χ0n) is 31.9. The Morgan fingerprint density at radius 2 is 0.776 bits per heavy atom. The SMILES string of the molecule is CC1(C)c2ccccc2-c2cc3c4cc(-c5nc(-c6ccccc6)nc(-c6ccccc6)n5)ccc4n(-c4nc(-c5ccccc5)nc(-c5ccccc5)n4)c3cc21. The van der Waals surface area contributed by atoms with E-state index in [0.29, 0.717) is 35.1 Å². The minimum atomic E-state index is -0.206. The first kappa shape index (κ1) is 33.7. The zero-order chi connectivity index (χ0) is 38.8. The van der Waals surface area contributed by atoms with Gasteiger partial charge in [-0.2, -0.15) is 9.97 Å². The van der Waals surface area contributed by atoms with E-state index in [1.165, 1.54) is 22.3 Å². The van der Waals surface area contributed by atoms with Crippen LogP contribution < -0.4 is 0 Å². The smallest absolute Gasteiger partial charge is 0.238 e. The average molecular weight is 746 g/mol. The number of rotatable bonds is 6. The van der Waals surface area contributed by atoms with Gasteiger partial charge < -0.3 is 0 Å². The molecule has 0 unspecified atom stereocenters. The van der Waals surface area contributed by atoms with Crippen LogP contribution in [0.3, 0.4) is 0 Å². The van der Waals surface area contributed by atoms with E-state index in [9.17, 15) is 0 Å². The van der Waals surface area contributed by atoms with Gasteiger partial charge in [-0.15, -0.1) is 0 Å². The van der Waals surface area contributed by atoms with E-state index in [0.717, 1.165) is 49.6 Å². The minimum absolute atomic E-state index is 0.206. The quantitative estimate of drug-likeness (QED) is 0.169. The van der Waals surface area contributed by atoms with Gasteiger partial charge in [0.05, 0.1) is 11.0 Å². The molecule has 1 aliphatic carbocycles. The van der Waals surface area contributed by atoms with Crippen molar-refractivity contribution in [1.82, 2.24) is 34.5 Å². The van der Waals surface area contributed by atoms with Gasteiger partial charge in [-0.3, -0.25) is 4.57 Å². The molecule has 0 aliphatic heterocycles. The fraction of sp³-hybridized carbons (Fsp3) is 0.0588. The summed E-state index contributed by atoms with van der Waals surface area (Å²) in [5, 5.41) is 2.13. The van der Waals surface area contributed by atoms with Crippen LogP contribution >= 0.6 is 0 Å². The van der Waals surface area contributed by atoms with Gasteiger partial charge in [0.1, 0.15) is 0 Å². The molecule has 0 fully saturated rings. The van der Waals surface area contributed by atoms with Crippen molar-refractivity contribution in [3.63, 3.8) is 0 Å². The number of hydrogen-bond acceptors (Lipinski definition) is 6. The van der Waals surface area contributed by atoms with Crippen LogP contribution in [0.25, 0.3) is 95.8 Å². The summed E-state index contributed by atoms with van der Waals surface area (Å²) in [6.45, 7) is 4.63. The Morgan fingerprint density at radius 1 is 0.345 bits per heavy atom. The van der Waals surface area contributed by atoms with E-state index in [2.05, 4.69) is 73.0 Å². The topological polar surface area (TPSA) is 82.3 Å². The summed E-state index contributed by atoms with van der Waals surface area (Å²) in [4.78, 5) is 30.6. The van der Waals surface area contributed by atoms with Crippen molar-refractivity contribution in [3.05, 3.63) is 187 Å². The largest absolute Gasteiger partial charge is 0.278 e. The van der Waals surface area contributed by atoms with Gasteiger partial charge >= 0.3 is 0 Å². The molecule has 0 bridgehead atoms. The van der Waals surface area contributed by atoms with E-state index in [1.54, 1.807) is 0 Å². The summed E-state index contributed by atoms with van der Waals surface area (Å²) in [6.07, 6.45) is 0. The molecular weight excluding hydrogens is 711 g/mol. The molecule has 0 saturated carbocycles. The Kier molecular flexibility index (Phi) is 7.69. The monoisotopic (exact) mass is 745 g/mol. The molecule has 7 nitrogen and oxygen atoms in total. The Labute approximate surface area is 335 Å². The lowest BCUT2D eigenvalue weighted by Crippen LogP contribution is -2.15. The van der Waals surface area contributed by atoms with E-state index < -0.39 is 0 Å². The van der Waals surface area contributed by atoms with Crippen molar-refractivity contribution < 1.29 is 0 Å². The third-order valence-electron chi connectivity index (χ3n) is 11.3. The molecule has 0 spiro atoms. The van der Waals surface area contributed by atoms with Crippen LogP contribution in [-0.2, 0) is 5.41 Å². The number of benzene rings is 7. The first-order valence-electron chi connectivity index (χ1n) is 19.5. The molecule has 7 aromatic carbocycles. The van der Waals surface area contributed by atoms with Gasteiger partial charge in [0.25, 0.3) is 0 Å². The third-order valence-corrected chi connectivity index (χ3v) is 11.3. The molecule has 3 aromatic heterocycles. The van der Waals surface area contributed by atoms with Crippen LogP contribution in [0.5, 0.6) is 0 Å². The summed E-state index contributed by atoms with van der Waals surface area (Å²) in [6, 6.07) is 60.3. The first-order chi connectivity index (χ1) is 28.5. The molecule has 1 aliphatic rings.